The fraction of sp³-hybridized carbons (Fsp3) is 0.545. The van der Waals surface area contributed by atoms with Gasteiger partial charge in [-0.3, -0.25) is 14.7 Å². The molecule has 1 N–H and O–H groups in total. The predicted molar refractivity (Wildman–Crippen MR) is 107 cm³/mol. The van der Waals surface area contributed by atoms with Gasteiger partial charge in [-0.2, -0.15) is 5.10 Å². The summed E-state index contributed by atoms with van der Waals surface area (Å²) in [7, 11) is 0. The monoisotopic (exact) mass is 411 g/mol. The van der Waals surface area contributed by atoms with E-state index in [9.17, 15) is 14.0 Å². The van der Waals surface area contributed by atoms with Gasteiger partial charge in [0.25, 0.3) is 0 Å². The Morgan fingerprint density at radius 2 is 2.00 bits per heavy atom. The third-order valence-electron chi connectivity index (χ3n) is 6.90. The van der Waals surface area contributed by atoms with E-state index in [-0.39, 0.29) is 41.3 Å². The molecule has 5 rings (SSSR count). The first-order valence-corrected chi connectivity index (χ1v) is 10.7. The molecule has 2 aliphatic heterocycles. The Morgan fingerprint density at radius 1 is 1.23 bits per heavy atom. The zero-order valence-corrected chi connectivity index (χ0v) is 17.1. The number of carbonyl (C=O) groups is 2. The molecule has 2 atom stereocenters. The highest BCUT2D eigenvalue weighted by Gasteiger charge is 2.55. The lowest BCUT2D eigenvalue weighted by molar-refractivity contribution is -0.133. The molecule has 3 fully saturated rings. The number of hydrogen-bond donors (Lipinski definition) is 1. The van der Waals surface area contributed by atoms with Gasteiger partial charge in [-0.25, -0.2) is 9.37 Å². The van der Waals surface area contributed by atoms with Crippen molar-refractivity contribution in [3.05, 3.63) is 47.3 Å². The minimum atomic E-state index is -0.351. The summed E-state index contributed by atoms with van der Waals surface area (Å²) in [6.07, 6.45) is 2.70. The highest BCUT2D eigenvalue weighted by Crippen LogP contribution is 2.45. The minimum absolute atomic E-state index is 0.0525. The number of rotatable bonds is 4. The predicted octanol–water partition coefficient (Wildman–Crippen LogP) is 1.83. The third-order valence-corrected chi connectivity index (χ3v) is 6.90. The number of H-pyrrole nitrogens is 1. The van der Waals surface area contributed by atoms with Crippen molar-refractivity contribution in [2.24, 2.45) is 11.8 Å². The van der Waals surface area contributed by atoms with Crippen LogP contribution in [-0.4, -0.2) is 63.0 Å². The van der Waals surface area contributed by atoms with Gasteiger partial charge in [0.1, 0.15) is 11.6 Å². The van der Waals surface area contributed by atoms with Gasteiger partial charge in [-0.05, 0) is 37.8 Å². The Balaban J connectivity index is 1.37. The Morgan fingerprint density at radius 3 is 2.70 bits per heavy atom. The maximum atomic E-state index is 14.0. The summed E-state index contributed by atoms with van der Waals surface area (Å²) < 4.78 is 14.0. The summed E-state index contributed by atoms with van der Waals surface area (Å²) >= 11 is 0. The van der Waals surface area contributed by atoms with Gasteiger partial charge in [0.2, 0.25) is 11.8 Å². The molecule has 2 amide bonds. The molecular weight excluding hydrogens is 385 g/mol. The van der Waals surface area contributed by atoms with Gasteiger partial charge in [-0.15, -0.1) is 0 Å². The lowest BCUT2D eigenvalue weighted by atomic mass is 9.71. The molecule has 3 aliphatic rings. The van der Waals surface area contributed by atoms with Crippen molar-refractivity contribution in [1.29, 1.82) is 0 Å². The van der Waals surface area contributed by atoms with Crippen molar-refractivity contribution < 1.29 is 14.0 Å². The van der Waals surface area contributed by atoms with Crippen molar-refractivity contribution >= 4 is 11.8 Å². The first-order valence-electron chi connectivity index (χ1n) is 10.7. The smallest absolute Gasteiger partial charge is 0.227 e. The van der Waals surface area contributed by atoms with Gasteiger partial charge < -0.3 is 9.80 Å². The topological polar surface area (TPSA) is 82.2 Å². The van der Waals surface area contributed by atoms with Crippen molar-refractivity contribution in [3.8, 4) is 0 Å². The number of benzene rings is 1. The number of aryl methyl sites for hydroxylation is 1. The highest BCUT2D eigenvalue weighted by atomic mass is 19.1. The number of amides is 2. The van der Waals surface area contributed by atoms with Gasteiger partial charge in [-0.1, -0.05) is 18.2 Å². The number of carbonyl (C=O) groups excluding carboxylic acids is 2. The van der Waals surface area contributed by atoms with E-state index in [1.54, 1.807) is 18.2 Å². The number of hydrogen-bond acceptors (Lipinski definition) is 4. The fourth-order valence-electron chi connectivity index (χ4n) is 5.01. The summed E-state index contributed by atoms with van der Waals surface area (Å²) in [4.78, 5) is 34.1. The number of likely N-dealkylation sites (tertiary alicyclic amines) is 2. The molecule has 8 heteroatoms. The largest absolute Gasteiger partial charge is 0.342 e. The minimum Gasteiger partial charge on any atom is -0.342 e. The van der Waals surface area contributed by atoms with Crippen LogP contribution in [0.4, 0.5) is 4.39 Å². The molecule has 0 radical (unpaired) electrons. The van der Waals surface area contributed by atoms with Crippen molar-refractivity contribution in [3.63, 3.8) is 0 Å². The fourth-order valence-corrected chi connectivity index (χ4v) is 5.01. The molecular formula is C22H26FN5O2. The number of nitrogens with one attached hydrogen (secondary N) is 1. The maximum absolute atomic E-state index is 14.0. The Hall–Kier alpha value is -2.77. The van der Waals surface area contributed by atoms with E-state index in [0.29, 0.717) is 38.2 Å². The molecule has 1 aromatic heterocycles. The third kappa shape index (κ3) is 3.28. The van der Waals surface area contributed by atoms with Crippen molar-refractivity contribution in [1.82, 2.24) is 25.0 Å². The molecule has 3 heterocycles. The van der Waals surface area contributed by atoms with Gasteiger partial charge in [0, 0.05) is 38.0 Å². The Kier molecular flexibility index (Phi) is 4.60. The van der Waals surface area contributed by atoms with Crippen LogP contribution in [0.15, 0.2) is 24.3 Å². The maximum Gasteiger partial charge on any atom is 0.227 e. The van der Waals surface area contributed by atoms with E-state index >= 15 is 0 Å². The van der Waals surface area contributed by atoms with E-state index in [4.69, 9.17) is 0 Å². The molecule has 2 aromatic rings. The van der Waals surface area contributed by atoms with E-state index in [1.165, 1.54) is 6.07 Å². The summed E-state index contributed by atoms with van der Waals surface area (Å²) in [5, 5.41) is 7.39. The average Bonchev–Trinajstić information content (AvgIpc) is 3.37. The Labute approximate surface area is 174 Å². The SMILES string of the molecule is Cc1nc([C@@]23CCN(C(=O)Cc4ccccc4F)C[C@@H]2CN(C(=O)C2CC2)C3)n[nH]1. The van der Waals surface area contributed by atoms with Gasteiger partial charge >= 0.3 is 0 Å². The zero-order chi connectivity index (χ0) is 20.9. The number of piperidine rings is 1. The molecule has 0 spiro atoms. The number of aromatic amines is 1. The lowest BCUT2D eigenvalue weighted by Gasteiger charge is -2.41. The zero-order valence-electron chi connectivity index (χ0n) is 17.1. The normalized spacial score (nSPS) is 26.0. The van der Waals surface area contributed by atoms with Crippen LogP contribution < -0.4 is 0 Å². The van der Waals surface area contributed by atoms with Crippen LogP contribution in [0.1, 0.15) is 36.5 Å². The van der Waals surface area contributed by atoms with Crippen LogP contribution in [-0.2, 0) is 21.4 Å². The van der Waals surface area contributed by atoms with Crippen LogP contribution in [0.5, 0.6) is 0 Å². The first-order chi connectivity index (χ1) is 14.5. The van der Waals surface area contributed by atoms with Crippen molar-refractivity contribution in [2.45, 2.75) is 38.0 Å². The summed E-state index contributed by atoms with van der Waals surface area (Å²) in [5.74, 6) is 1.53. The van der Waals surface area contributed by atoms with E-state index in [2.05, 4.69) is 15.2 Å². The van der Waals surface area contributed by atoms with Crippen LogP contribution in [0, 0.1) is 24.6 Å². The standard InChI is InChI=1S/C22H26FN5O2/c1-14-24-21(26-25-14)22-8-9-27(19(29)10-16-4-2-3-5-18(16)23)11-17(22)12-28(13-22)20(30)15-6-7-15/h2-5,15,17H,6-13H2,1H3,(H,24,25,26)/t17-,22-/m1/s1. The van der Waals surface area contributed by atoms with E-state index in [1.807, 2.05) is 16.7 Å². The molecule has 158 valence electrons. The number of nitrogens with zero attached hydrogens (tertiary/aromatic N) is 4. The molecule has 1 aliphatic carbocycles. The summed E-state index contributed by atoms with van der Waals surface area (Å²) in [6.45, 7) is 4.20. The molecule has 1 saturated carbocycles. The molecule has 0 unspecified atom stereocenters. The van der Waals surface area contributed by atoms with Crippen LogP contribution in [0.3, 0.4) is 0 Å². The summed E-state index contributed by atoms with van der Waals surface area (Å²) in [5.41, 5.74) is 0.0882. The first kappa shape index (κ1) is 19.2. The molecule has 0 bridgehead atoms. The molecule has 2 saturated heterocycles. The molecule has 1 aromatic carbocycles. The molecule has 7 nitrogen and oxygen atoms in total. The van der Waals surface area contributed by atoms with E-state index < -0.39 is 0 Å². The quantitative estimate of drug-likeness (QED) is 0.832. The summed E-state index contributed by atoms with van der Waals surface area (Å²) in [6, 6.07) is 6.41. The second-order valence-electron chi connectivity index (χ2n) is 8.95. The van der Waals surface area contributed by atoms with Crippen LogP contribution >= 0.6 is 0 Å². The Bertz CT molecular complexity index is 987. The average molecular weight is 411 g/mol. The van der Waals surface area contributed by atoms with Crippen molar-refractivity contribution in [2.75, 3.05) is 26.2 Å². The highest BCUT2D eigenvalue weighted by molar-refractivity contribution is 5.82. The second-order valence-corrected chi connectivity index (χ2v) is 8.95. The number of halogens is 1. The molecule has 30 heavy (non-hydrogen) atoms. The van der Waals surface area contributed by atoms with Crippen LogP contribution in [0.25, 0.3) is 0 Å². The van der Waals surface area contributed by atoms with E-state index in [0.717, 1.165) is 24.5 Å². The van der Waals surface area contributed by atoms with Gasteiger partial charge in [0.05, 0.1) is 11.8 Å². The lowest BCUT2D eigenvalue weighted by Crippen LogP contribution is -2.52. The number of fused-ring (bicyclic) bond motifs is 1. The number of aromatic nitrogens is 3. The van der Waals surface area contributed by atoms with Crippen LogP contribution in [0.2, 0.25) is 0 Å². The second kappa shape index (κ2) is 7.18. The van der Waals surface area contributed by atoms with Gasteiger partial charge in [0.15, 0.2) is 5.82 Å².